The Hall–Kier alpha value is -0.950. The van der Waals surface area contributed by atoms with Crippen molar-refractivity contribution in [3.8, 4) is 0 Å². The summed E-state index contributed by atoms with van der Waals surface area (Å²) in [7, 11) is 0. The second-order valence-corrected chi connectivity index (χ2v) is 7.19. The van der Waals surface area contributed by atoms with Gasteiger partial charge in [-0.3, -0.25) is 0 Å². The molecule has 1 saturated carbocycles. The number of hydrogen-bond acceptors (Lipinski definition) is 1. The van der Waals surface area contributed by atoms with Gasteiger partial charge in [-0.15, -0.1) is 0 Å². The zero-order chi connectivity index (χ0) is 15.2. The molecule has 1 aromatic rings. The highest BCUT2D eigenvalue weighted by molar-refractivity contribution is 7.80. The van der Waals surface area contributed by atoms with Gasteiger partial charge in [0.15, 0.2) is 0 Å². The fourth-order valence-corrected chi connectivity index (χ4v) is 3.60. The van der Waals surface area contributed by atoms with Gasteiger partial charge >= 0.3 is 0 Å². The van der Waals surface area contributed by atoms with Crippen LogP contribution < -0.4 is 0 Å². The Labute approximate surface area is 135 Å². The molecular formula is C20H28S. The average Bonchev–Trinajstić information content (AvgIpc) is 2.48. The van der Waals surface area contributed by atoms with Crippen molar-refractivity contribution in [2.45, 2.75) is 65.7 Å². The molecule has 0 aromatic heterocycles. The lowest BCUT2D eigenvalue weighted by atomic mass is 9.85. The maximum atomic E-state index is 5.66. The SMILES string of the molecule is C/C(=C\CC(=S)C1CCCCC1)Cc1ccc(C)cc1C. The molecule has 0 amide bonds. The number of benzene rings is 1. The molecule has 0 bridgehead atoms. The molecule has 2 rings (SSSR count). The zero-order valence-corrected chi connectivity index (χ0v) is 14.6. The number of allylic oxidation sites excluding steroid dienone is 2. The van der Waals surface area contributed by atoms with Crippen molar-refractivity contribution in [3.63, 3.8) is 0 Å². The molecule has 0 unspecified atom stereocenters. The van der Waals surface area contributed by atoms with E-state index in [9.17, 15) is 0 Å². The number of hydrogen-bond donors (Lipinski definition) is 0. The van der Waals surface area contributed by atoms with Gasteiger partial charge in [-0.25, -0.2) is 0 Å². The molecule has 1 aliphatic carbocycles. The number of aryl methyl sites for hydroxylation is 2. The highest BCUT2D eigenvalue weighted by Gasteiger charge is 2.16. The molecule has 0 radical (unpaired) electrons. The summed E-state index contributed by atoms with van der Waals surface area (Å²) in [4.78, 5) is 1.29. The van der Waals surface area contributed by atoms with E-state index in [1.807, 2.05) is 0 Å². The minimum atomic E-state index is 0.707. The summed E-state index contributed by atoms with van der Waals surface area (Å²) >= 11 is 5.66. The second kappa shape index (κ2) is 7.89. The van der Waals surface area contributed by atoms with Crippen LogP contribution >= 0.6 is 12.2 Å². The van der Waals surface area contributed by atoms with Gasteiger partial charge in [-0.05, 0) is 68.4 Å². The predicted molar refractivity (Wildman–Crippen MR) is 97.2 cm³/mol. The van der Waals surface area contributed by atoms with Gasteiger partial charge in [0.2, 0.25) is 0 Å². The molecular weight excluding hydrogens is 272 g/mol. The van der Waals surface area contributed by atoms with Crippen molar-refractivity contribution in [1.29, 1.82) is 0 Å². The van der Waals surface area contributed by atoms with Gasteiger partial charge in [0.05, 0.1) is 0 Å². The van der Waals surface area contributed by atoms with Crippen LogP contribution in [0.5, 0.6) is 0 Å². The maximum Gasteiger partial charge on any atom is -0.000291 e. The second-order valence-electron chi connectivity index (χ2n) is 6.66. The molecule has 1 fully saturated rings. The van der Waals surface area contributed by atoms with Gasteiger partial charge < -0.3 is 0 Å². The molecule has 1 aromatic carbocycles. The largest absolute Gasteiger partial charge is 0.0890 e. The first kappa shape index (κ1) is 16.4. The topological polar surface area (TPSA) is 0 Å². The molecule has 0 atom stereocenters. The molecule has 21 heavy (non-hydrogen) atoms. The molecule has 0 N–H and O–H groups in total. The Bertz CT molecular complexity index is 519. The monoisotopic (exact) mass is 300 g/mol. The van der Waals surface area contributed by atoms with Gasteiger partial charge in [0.1, 0.15) is 0 Å². The van der Waals surface area contributed by atoms with Crippen LogP contribution in [0.1, 0.15) is 62.1 Å². The minimum Gasteiger partial charge on any atom is -0.0890 e. The van der Waals surface area contributed by atoms with Gasteiger partial charge in [0, 0.05) is 0 Å². The first-order valence-electron chi connectivity index (χ1n) is 8.30. The van der Waals surface area contributed by atoms with E-state index in [1.165, 1.54) is 59.2 Å². The quantitative estimate of drug-likeness (QED) is 0.465. The van der Waals surface area contributed by atoms with Crippen LogP contribution in [-0.2, 0) is 6.42 Å². The highest BCUT2D eigenvalue weighted by atomic mass is 32.1. The third kappa shape index (κ3) is 5.07. The lowest BCUT2D eigenvalue weighted by Crippen LogP contribution is -2.15. The Morgan fingerprint density at radius 3 is 2.57 bits per heavy atom. The van der Waals surface area contributed by atoms with Crippen molar-refractivity contribution < 1.29 is 0 Å². The minimum absolute atomic E-state index is 0.707. The summed E-state index contributed by atoms with van der Waals surface area (Å²) in [5, 5.41) is 0. The van der Waals surface area contributed by atoms with Crippen LogP contribution in [0.25, 0.3) is 0 Å². The molecule has 114 valence electrons. The Balaban J connectivity index is 1.90. The smallest absolute Gasteiger partial charge is 0.000291 e. The Kier molecular flexibility index (Phi) is 6.17. The predicted octanol–water partition coefficient (Wildman–Crippen LogP) is 6.13. The van der Waals surface area contributed by atoms with Gasteiger partial charge in [0.25, 0.3) is 0 Å². The first-order chi connectivity index (χ1) is 10.1. The van der Waals surface area contributed by atoms with E-state index >= 15 is 0 Å². The lowest BCUT2D eigenvalue weighted by molar-refractivity contribution is 0.440. The normalized spacial score (nSPS) is 17.0. The van der Waals surface area contributed by atoms with Crippen LogP contribution in [-0.4, -0.2) is 4.86 Å². The highest BCUT2D eigenvalue weighted by Crippen LogP contribution is 2.26. The summed E-state index contributed by atoms with van der Waals surface area (Å²) in [6, 6.07) is 6.75. The summed E-state index contributed by atoms with van der Waals surface area (Å²) in [5.41, 5.74) is 5.63. The van der Waals surface area contributed by atoms with Gasteiger partial charge in [-0.1, -0.05) is 66.9 Å². The van der Waals surface area contributed by atoms with Crippen molar-refractivity contribution in [1.82, 2.24) is 0 Å². The van der Waals surface area contributed by atoms with Crippen molar-refractivity contribution >= 4 is 17.1 Å². The molecule has 0 heterocycles. The van der Waals surface area contributed by atoms with Crippen molar-refractivity contribution in [2.75, 3.05) is 0 Å². The fourth-order valence-electron chi connectivity index (χ4n) is 3.28. The summed E-state index contributed by atoms with van der Waals surface area (Å²) in [6.45, 7) is 6.60. The van der Waals surface area contributed by atoms with Gasteiger partial charge in [-0.2, -0.15) is 0 Å². The van der Waals surface area contributed by atoms with Crippen LogP contribution in [0.4, 0.5) is 0 Å². The Morgan fingerprint density at radius 2 is 1.90 bits per heavy atom. The van der Waals surface area contributed by atoms with E-state index in [-0.39, 0.29) is 0 Å². The molecule has 0 nitrogen and oxygen atoms in total. The van der Waals surface area contributed by atoms with E-state index in [2.05, 4.69) is 45.0 Å². The lowest BCUT2D eigenvalue weighted by Gasteiger charge is -2.21. The van der Waals surface area contributed by atoms with Crippen LogP contribution in [0.3, 0.4) is 0 Å². The molecule has 0 aliphatic heterocycles. The summed E-state index contributed by atoms with van der Waals surface area (Å²) < 4.78 is 0. The third-order valence-electron chi connectivity index (χ3n) is 4.68. The standard InChI is InChI=1S/C20H28S/c1-15-9-11-19(17(3)13-15)14-16(2)10-12-20(21)18-7-5-4-6-8-18/h9-11,13,18H,4-8,12,14H2,1-3H3/b16-10+. The zero-order valence-electron chi connectivity index (χ0n) is 13.7. The average molecular weight is 301 g/mol. The summed E-state index contributed by atoms with van der Waals surface area (Å²) in [6.07, 6.45) is 11.2. The fraction of sp³-hybridized carbons (Fsp3) is 0.550. The number of rotatable bonds is 5. The van der Waals surface area contributed by atoms with Crippen LogP contribution in [0.2, 0.25) is 0 Å². The maximum absolute atomic E-state index is 5.66. The third-order valence-corrected chi connectivity index (χ3v) is 5.18. The van der Waals surface area contributed by atoms with E-state index in [0.29, 0.717) is 5.92 Å². The molecule has 1 aliphatic rings. The van der Waals surface area contributed by atoms with E-state index in [1.54, 1.807) is 0 Å². The molecule has 1 heteroatoms. The first-order valence-corrected chi connectivity index (χ1v) is 8.71. The van der Waals surface area contributed by atoms with Crippen LogP contribution in [0, 0.1) is 19.8 Å². The summed E-state index contributed by atoms with van der Waals surface area (Å²) in [5.74, 6) is 0.707. The number of thiocarbonyl (C=S) groups is 1. The van der Waals surface area contributed by atoms with Crippen LogP contribution in [0.15, 0.2) is 29.8 Å². The van der Waals surface area contributed by atoms with E-state index < -0.39 is 0 Å². The molecule has 0 saturated heterocycles. The van der Waals surface area contributed by atoms with E-state index in [4.69, 9.17) is 12.2 Å². The Morgan fingerprint density at radius 1 is 1.19 bits per heavy atom. The van der Waals surface area contributed by atoms with Crippen molar-refractivity contribution in [3.05, 3.63) is 46.5 Å². The van der Waals surface area contributed by atoms with E-state index in [0.717, 1.165) is 12.8 Å². The molecule has 0 spiro atoms. The van der Waals surface area contributed by atoms with Crippen molar-refractivity contribution in [2.24, 2.45) is 5.92 Å².